The molecule has 0 aliphatic carbocycles. The van der Waals surface area contributed by atoms with Gasteiger partial charge in [0.2, 0.25) is 0 Å². The number of amidine groups is 1. The quantitative estimate of drug-likeness (QED) is 0.272. The van der Waals surface area contributed by atoms with Crippen molar-refractivity contribution in [2.24, 2.45) is 5.73 Å². The Kier molecular flexibility index (Phi) is 4.59. The molecule has 0 unspecified atom stereocenters. The van der Waals surface area contributed by atoms with Gasteiger partial charge in [-0.05, 0) is 0 Å². The molecule has 0 radical (unpaired) electrons. The third-order valence-electron chi connectivity index (χ3n) is 2.54. The molecule has 2 heterocycles. The summed E-state index contributed by atoms with van der Waals surface area (Å²) >= 11 is 0. The van der Waals surface area contributed by atoms with Crippen molar-refractivity contribution in [1.29, 1.82) is 0 Å². The summed E-state index contributed by atoms with van der Waals surface area (Å²) < 4.78 is 6.43. The van der Waals surface area contributed by atoms with Crippen LogP contribution in [-0.4, -0.2) is 60.8 Å². The van der Waals surface area contributed by atoms with E-state index in [9.17, 15) is 10.2 Å². The van der Waals surface area contributed by atoms with E-state index in [0.29, 0.717) is 0 Å². The third-order valence-corrected chi connectivity index (χ3v) is 2.54. The van der Waals surface area contributed by atoms with Gasteiger partial charge >= 0.3 is 5.84 Å². The van der Waals surface area contributed by atoms with Gasteiger partial charge in [0, 0.05) is 0 Å². The van der Waals surface area contributed by atoms with Crippen molar-refractivity contribution >= 4 is 5.84 Å². The second kappa shape index (κ2) is 5.59. The van der Waals surface area contributed by atoms with Crippen LogP contribution in [0.15, 0.2) is 6.33 Å². The van der Waals surface area contributed by atoms with Gasteiger partial charge in [-0.1, -0.05) is 0 Å². The summed E-state index contributed by atoms with van der Waals surface area (Å²) in [6.45, 7) is -0.401. The van der Waals surface area contributed by atoms with Crippen LogP contribution in [0.2, 0.25) is 0 Å². The molecule has 0 amide bonds. The van der Waals surface area contributed by atoms with Gasteiger partial charge in [0.05, 0.1) is 6.61 Å². The number of aliphatic hydroxyl groups excluding tert-OH is 3. The van der Waals surface area contributed by atoms with Crippen molar-refractivity contribution in [3.63, 3.8) is 0 Å². The zero-order valence-corrected chi connectivity index (χ0v) is 9.97. The summed E-state index contributed by atoms with van der Waals surface area (Å²) in [5.41, 5.74) is 5.30. The Hall–Kier alpha value is -1.26. The Morgan fingerprint density at radius 2 is 2.17 bits per heavy atom. The highest BCUT2D eigenvalue weighted by atomic mass is 35.5. The number of rotatable bonds is 3. The van der Waals surface area contributed by atoms with Crippen LogP contribution in [-0.2, 0) is 4.74 Å². The fourth-order valence-electron chi connectivity index (χ4n) is 1.63. The molecule has 1 saturated heterocycles. The van der Waals surface area contributed by atoms with E-state index in [1.54, 1.807) is 0 Å². The molecule has 1 aliphatic heterocycles. The maximum absolute atomic E-state index is 9.72. The van der Waals surface area contributed by atoms with Gasteiger partial charge in [0.1, 0.15) is 24.6 Å². The van der Waals surface area contributed by atoms with Gasteiger partial charge < -0.3 is 32.5 Å². The standard InChI is InChI=1S/C8H13N5O4.ClH/c9-6(10)7-11-2-13(12-7)8-5(16)4(15)3(1-14)17-8;/h2-5,8,14-16H,1H2,(H3,9,10);1H/t3-,4-,5-,8-;/m0./s1. The predicted molar refractivity (Wildman–Crippen MR) is 53.3 cm³/mol. The molecule has 1 aromatic rings. The van der Waals surface area contributed by atoms with E-state index in [2.05, 4.69) is 10.1 Å². The topological polar surface area (TPSA) is 152 Å². The van der Waals surface area contributed by atoms with Gasteiger partial charge in [0.25, 0.3) is 5.82 Å². The molecule has 102 valence electrons. The van der Waals surface area contributed by atoms with Crippen LogP contribution in [0.4, 0.5) is 0 Å². The first-order chi connectivity index (χ1) is 8.04. The van der Waals surface area contributed by atoms with E-state index in [4.69, 9.17) is 21.0 Å². The van der Waals surface area contributed by atoms with Crippen LogP contribution >= 0.6 is 0 Å². The number of hydrogen-bond donors (Lipinski definition) is 5. The number of aromatic nitrogens is 3. The molecule has 0 saturated carbocycles. The Bertz CT molecular complexity index is 427. The number of halogens is 1. The second-order valence-electron chi connectivity index (χ2n) is 3.73. The smallest absolute Gasteiger partial charge is 0.311 e. The highest BCUT2D eigenvalue weighted by molar-refractivity contribution is 5.88. The molecule has 4 atom stereocenters. The zero-order chi connectivity index (χ0) is 12.6. The molecule has 9 nitrogen and oxygen atoms in total. The largest absolute Gasteiger partial charge is 1.00 e. The fraction of sp³-hybridized carbons (Fsp3) is 0.625. The van der Waals surface area contributed by atoms with Crippen molar-refractivity contribution < 1.29 is 37.9 Å². The van der Waals surface area contributed by atoms with Gasteiger partial charge in [-0.3, -0.25) is 11.1 Å². The van der Waals surface area contributed by atoms with Gasteiger partial charge in [-0.15, -0.1) is 5.10 Å². The molecule has 10 heteroatoms. The first kappa shape index (κ1) is 14.8. The maximum atomic E-state index is 9.72. The predicted octanol–water partition coefficient (Wildman–Crippen LogP) is -7.64. The normalized spacial score (nSPS) is 31.1. The number of ether oxygens (including phenoxy) is 1. The minimum Gasteiger partial charge on any atom is -1.00 e. The van der Waals surface area contributed by atoms with Crippen LogP contribution in [0.1, 0.15) is 12.1 Å². The summed E-state index contributed by atoms with van der Waals surface area (Å²) in [5.74, 6) is 0.0539. The maximum Gasteiger partial charge on any atom is 0.311 e. The van der Waals surface area contributed by atoms with Crippen LogP contribution < -0.4 is 23.5 Å². The van der Waals surface area contributed by atoms with Crippen molar-refractivity contribution in [3.8, 4) is 0 Å². The number of aliphatic hydroxyl groups is 3. The summed E-state index contributed by atoms with van der Waals surface area (Å²) in [6.07, 6.45) is -2.91. The molecular formula is C8H14ClN5O4. The lowest BCUT2D eigenvalue weighted by Crippen LogP contribution is -3.00. The van der Waals surface area contributed by atoms with Crippen LogP contribution in [0.25, 0.3) is 0 Å². The molecule has 1 aliphatic rings. The van der Waals surface area contributed by atoms with E-state index >= 15 is 0 Å². The van der Waals surface area contributed by atoms with Crippen molar-refractivity contribution in [3.05, 3.63) is 12.2 Å². The first-order valence-corrected chi connectivity index (χ1v) is 4.96. The van der Waals surface area contributed by atoms with Crippen LogP contribution in [0.3, 0.4) is 0 Å². The second-order valence-corrected chi connectivity index (χ2v) is 3.73. The van der Waals surface area contributed by atoms with Crippen LogP contribution in [0.5, 0.6) is 0 Å². The van der Waals surface area contributed by atoms with Crippen molar-refractivity contribution in [2.75, 3.05) is 6.61 Å². The van der Waals surface area contributed by atoms with Crippen LogP contribution in [0, 0.1) is 0 Å². The van der Waals surface area contributed by atoms with E-state index < -0.39 is 31.1 Å². The van der Waals surface area contributed by atoms with E-state index in [1.807, 2.05) is 0 Å². The average molecular weight is 280 g/mol. The fourth-order valence-corrected chi connectivity index (χ4v) is 1.63. The zero-order valence-electron chi connectivity index (χ0n) is 9.22. The SMILES string of the molecule is NC(=[NH2+])c1ncn([C@H]2O[C@@H](CO)[C@H](O)[C@@H]2O)n1.[Cl-]. The molecule has 0 aromatic carbocycles. The molecular weight excluding hydrogens is 266 g/mol. The lowest BCUT2D eigenvalue weighted by Gasteiger charge is -2.13. The molecule has 0 spiro atoms. The van der Waals surface area contributed by atoms with Gasteiger partial charge in [0.15, 0.2) is 6.23 Å². The Labute approximate surface area is 108 Å². The third kappa shape index (κ3) is 2.44. The average Bonchev–Trinajstić information content (AvgIpc) is 2.87. The van der Waals surface area contributed by atoms with Crippen molar-refractivity contribution in [2.45, 2.75) is 24.5 Å². The molecule has 7 N–H and O–H groups in total. The molecule has 1 fully saturated rings. The number of nitrogens with two attached hydrogens (primary N) is 2. The Balaban J connectivity index is 0.00000162. The number of nitrogens with zero attached hydrogens (tertiary/aromatic N) is 3. The van der Waals surface area contributed by atoms with Gasteiger partial charge in [-0.2, -0.15) is 0 Å². The molecule has 1 aromatic heterocycles. The van der Waals surface area contributed by atoms with E-state index in [-0.39, 0.29) is 24.1 Å². The lowest BCUT2D eigenvalue weighted by molar-refractivity contribution is -0.114. The highest BCUT2D eigenvalue weighted by Crippen LogP contribution is 2.28. The Morgan fingerprint density at radius 3 is 2.61 bits per heavy atom. The molecule has 18 heavy (non-hydrogen) atoms. The summed E-state index contributed by atoms with van der Waals surface area (Å²) in [5, 5.41) is 37.4. The minimum atomic E-state index is -1.21. The highest BCUT2D eigenvalue weighted by Gasteiger charge is 2.44. The van der Waals surface area contributed by atoms with Crippen molar-refractivity contribution in [1.82, 2.24) is 14.8 Å². The van der Waals surface area contributed by atoms with Gasteiger partial charge in [-0.25, -0.2) is 9.67 Å². The van der Waals surface area contributed by atoms with E-state index in [0.717, 1.165) is 0 Å². The summed E-state index contributed by atoms with van der Waals surface area (Å²) in [4.78, 5) is 3.80. The molecule has 2 rings (SSSR count). The Morgan fingerprint density at radius 1 is 1.50 bits per heavy atom. The first-order valence-electron chi connectivity index (χ1n) is 4.96. The number of hydrogen-bond acceptors (Lipinski definition) is 6. The summed E-state index contributed by atoms with van der Waals surface area (Å²) in [6, 6.07) is 0. The van der Waals surface area contributed by atoms with E-state index in [1.165, 1.54) is 11.0 Å². The lowest BCUT2D eigenvalue weighted by atomic mass is 10.1. The minimum absolute atomic E-state index is 0. The summed E-state index contributed by atoms with van der Waals surface area (Å²) in [7, 11) is 0. The monoisotopic (exact) mass is 279 g/mol. The molecule has 0 bridgehead atoms.